The molecule has 4 heteroatoms. The van der Waals surface area contributed by atoms with Gasteiger partial charge in [0, 0.05) is 19.5 Å². The molecule has 0 aliphatic heterocycles. The minimum atomic E-state index is 0.0772. The van der Waals surface area contributed by atoms with Gasteiger partial charge in [-0.05, 0) is 31.4 Å². The van der Waals surface area contributed by atoms with E-state index in [1.807, 2.05) is 7.05 Å². The molecule has 0 amide bonds. The molecule has 2 rings (SSSR count). The quantitative estimate of drug-likeness (QED) is 0.887. The van der Waals surface area contributed by atoms with Crippen LogP contribution in [0.25, 0.3) is 0 Å². The molecule has 1 aromatic heterocycles. The molecule has 1 aromatic carbocycles. The predicted octanol–water partition coefficient (Wildman–Crippen LogP) is 1.54. The maximum Gasteiger partial charge on any atom is 0.138 e. The summed E-state index contributed by atoms with van der Waals surface area (Å²) in [5, 5.41) is 4.06. The molecule has 18 heavy (non-hydrogen) atoms. The Morgan fingerprint density at radius 3 is 2.72 bits per heavy atom. The zero-order chi connectivity index (χ0) is 13.1. The molecular formula is C14H20N4. The van der Waals surface area contributed by atoms with E-state index in [9.17, 15) is 0 Å². The van der Waals surface area contributed by atoms with E-state index in [0.717, 1.165) is 18.7 Å². The molecule has 0 aliphatic rings. The van der Waals surface area contributed by atoms with Crippen molar-refractivity contribution in [2.45, 2.75) is 32.7 Å². The van der Waals surface area contributed by atoms with E-state index >= 15 is 0 Å². The van der Waals surface area contributed by atoms with Gasteiger partial charge in [0.15, 0.2) is 0 Å². The highest BCUT2D eigenvalue weighted by Crippen LogP contribution is 2.13. The second-order valence-corrected chi connectivity index (χ2v) is 4.90. The Morgan fingerprint density at radius 2 is 2.06 bits per heavy atom. The van der Waals surface area contributed by atoms with Crippen LogP contribution in [0.5, 0.6) is 0 Å². The molecular weight excluding hydrogens is 224 g/mol. The first kappa shape index (κ1) is 12.8. The first-order valence-corrected chi connectivity index (χ1v) is 6.21. The summed E-state index contributed by atoms with van der Waals surface area (Å²) in [6, 6.07) is 6.58. The van der Waals surface area contributed by atoms with Crippen molar-refractivity contribution in [1.82, 2.24) is 14.8 Å². The van der Waals surface area contributed by atoms with Crippen LogP contribution < -0.4 is 5.73 Å². The Morgan fingerprint density at radius 1 is 1.28 bits per heavy atom. The van der Waals surface area contributed by atoms with E-state index in [4.69, 9.17) is 5.73 Å². The highest BCUT2D eigenvalue weighted by Gasteiger charge is 2.10. The SMILES string of the molecule is Cc1ccc(C)c(CC(N)Cc2ncnn2C)c1. The van der Waals surface area contributed by atoms with E-state index in [-0.39, 0.29) is 6.04 Å². The van der Waals surface area contributed by atoms with Crippen LogP contribution >= 0.6 is 0 Å². The van der Waals surface area contributed by atoms with E-state index < -0.39 is 0 Å². The van der Waals surface area contributed by atoms with Crippen molar-refractivity contribution in [2.75, 3.05) is 0 Å². The lowest BCUT2D eigenvalue weighted by molar-refractivity contribution is 0.602. The van der Waals surface area contributed by atoms with Crippen LogP contribution in [0.3, 0.4) is 0 Å². The largest absolute Gasteiger partial charge is 0.327 e. The highest BCUT2D eigenvalue weighted by atomic mass is 15.3. The van der Waals surface area contributed by atoms with Crippen LogP contribution in [-0.2, 0) is 19.9 Å². The third-order valence-corrected chi connectivity index (χ3v) is 3.24. The van der Waals surface area contributed by atoms with Gasteiger partial charge >= 0.3 is 0 Å². The van der Waals surface area contributed by atoms with Crippen molar-refractivity contribution in [3.63, 3.8) is 0 Å². The van der Waals surface area contributed by atoms with Crippen molar-refractivity contribution in [3.8, 4) is 0 Å². The van der Waals surface area contributed by atoms with Crippen LogP contribution in [-0.4, -0.2) is 20.8 Å². The number of nitrogens with zero attached hydrogens (tertiary/aromatic N) is 3. The predicted molar refractivity (Wildman–Crippen MR) is 72.3 cm³/mol. The van der Waals surface area contributed by atoms with Gasteiger partial charge < -0.3 is 5.73 Å². The summed E-state index contributed by atoms with van der Waals surface area (Å²) in [4.78, 5) is 4.21. The Balaban J connectivity index is 2.05. The summed E-state index contributed by atoms with van der Waals surface area (Å²) in [6.45, 7) is 4.24. The molecule has 0 aliphatic carbocycles. The minimum absolute atomic E-state index is 0.0772. The molecule has 96 valence electrons. The van der Waals surface area contributed by atoms with Gasteiger partial charge in [-0.15, -0.1) is 0 Å². The van der Waals surface area contributed by atoms with Crippen molar-refractivity contribution in [1.29, 1.82) is 0 Å². The zero-order valence-electron chi connectivity index (χ0n) is 11.2. The topological polar surface area (TPSA) is 56.7 Å². The molecule has 0 saturated carbocycles. The van der Waals surface area contributed by atoms with Crippen molar-refractivity contribution < 1.29 is 0 Å². The number of hydrogen-bond donors (Lipinski definition) is 1. The molecule has 0 radical (unpaired) electrons. The van der Waals surface area contributed by atoms with Crippen LogP contribution in [0.4, 0.5) is 0 Å². The summed E-state index contributed by atoms with van der Waals surface area (Å²) < 4.78 is 1.78. The maximum absolute atomic E-state index is 6.20. The molecule has 2 aromatic rings. The first-order chi connectivity index (χ1) is 8.56. The summed E-state index contributed by atoms with van der Waals surface area (Å²) >= 11 is 0. The molecule has 1 heterocycles. The third kappa shape index (κ3) is 2.96. The standard InChI is InChI=1S/C14H20N4/c1-10-4-5-11(2)12(6-10)7-13(15)8-14-16-9-17-18(14)3/h4-6,9,13H,7-8,15H2,1-3H3. The smallest absolute Gasteiger partial charge is 0.138 e. The summed E-state index contributed by atoms with van der Waals surface area (Å²) in [5.74, 6) is 0.938. The molecule has 0 saturated heterocycles. The summed E-state index contributed by atoms with van der Waals surface area (Å²) in [6.07, 6.45) is 3.20. The average Bonchev–Trinajstić information content (AvgIpc) is 2.70. The fourth-order valence-corrected chi connectivity index (χ4v) is 2.11. The number of rotatable bonds is 4. The average molecular weight is 244 g/mol. The van der Waals surface area contributed by atoms with Gasteiger partial charge in [-0.1, -0.05) is 23.8 Å². The number of aryl methyl sites for hydroxylation is 3. The van der Waals surface area contributed by atoms with Gasteiger partial charge in [-0.2, -0.15) is 5.10 Å². The Labute approximate surface area is 108 Å². The number of aromatic nitrogens is 3. The highest BCUT2D eigenvalue weighted by molar-refractivity contribution is 5.31. The molecule has 1 unspecified atom stereocenters. The minimum Gasteiger partial charge on any atom is -0.327 e. The number of benzene rings is 1. The lowest BCUT2D eigenvalue weighted by Gasteiger charge is -2.13. The summed E-state index contributed by atoms with van der Waals surface area (Å²) in [5.41, 5.74) is 10.1. The molecule has 0 bridgehead atoms. The second kappa shape index (κ2) is 5.31. The van der Waals surface area contributed by atoms with Gasteiger partial charge in [0.2, 0.25) is 0 Å². The van der Waals surface area contributed by atoms with Crippen LogP contribution in [0.15, 0.2) is 24.5 Å². The fraction of sp³-hybridized carbons (Fsp3) is 0.429. The second-order valence-electron chi connectivity index (χ2n) is 4.90. The normalized spacial score (nSPS) is 12.7. The van der Waals surface area contributed by atoms with Crippen molar-refractivity contribution >= 4 is 0 Å². The summed E-state index contributed by atoms with van der Waals surface area (Å²) in [7, 11) is 1.90. The maximum atomic E-state index is 6.20. The van der Waals surface area contributed by atoms with E-state index in [1.54, 1.807) is 11.0 Å². The first-order valence-electron chi connectivity index (χ1n) is 6.21. The lowest BCUT2D eigenvalue weighted by Crippen LogP contribution is -2.27. The molecule has 2 N–H and O–H groups in total. The molecule has 0 spiro atoms. The third-order valence-electron chi connectivity index (χ3n) is 3.24. The van der Waals surface area contributed by atoms with E-state index in [1.165, 1.54) is 16.7 Å². The fourth-order valence-electron chi connectivity index (χ4n) is 2.11. The molecule has 1 atom stereocenters. The van der Waals surface area contributed by atoms with Crippen LogP contribution in [0.2, 0.25) is 0 Å². The van der Waals surface area contributed by atoms with Crippen molar-refractivity contribution in [3.05, 3.63) is 47.0 Å². The van der Waals surface area contributed by atoms with Crippen LogP contribution in [0.1, 0.15) is 22.5 Å². The molecule has 0 fully saturated rings. The van der Waals surface area contributed by atoms with Crippen molar-refractivity contribution in [2.24, 2.45) is 12.8 Å². The Kier molecular flexibility index (Phi) is 3.77. The van der Waals surface area contributed by atoms with E-state index in [2.05, 4.69) is 42.1 Å². The zero-order valence-corrected chi connectivity index (χ0v) is 11.2. The Hall–Kier alpha value is -1.68. The van der Waals surface area contributed by atoms with Gasteiger partial charge in [0.1, 0.15) is 12.2 Å². The van der Waals surface area contributed by atoms with Crippen LogP contribution in [0, 0.1) is 13.8 Å². The number of hydrogen-bond acceptors (Lipinski definition) is 3. The van der Waals surface area contributed by atoms with Gasteiger partial charge in [0.05, 0.1) is 0 Å². The lowest BCUT2D eigenvalue weighted by atomic mass is 9.98. The van der Waals surface area contributed by atoms with Gasteiger partial charge in [-0.3, -0.25) is 4.68 Å². The van der Waals surface area contributed by atoms with Gasteiger partial charge in [0.25, 0.3) is 0 Å². The monoisotopic (exact) mass is 244 g/mol. The Bertz CT molecular complexity index is 530. The van der Waals surface area contributed by atoms with E-state index in [0.29, 0.717) is 0 Å². The number of nitrogens with two attached hydrogens (primary N) is 1. The molecule has 4 nitrogen and oxygen atoms in total. The van der Waals surface area contributed by atoms with Gasteiger partial charge in [-0.25, -0.2) is 4.98 Å².